The second-order valence-electron chi connectivity index (χ2n) is 4.73. The Morgan fingerprint density at radius 3 is 2.32 bits per heavy atom. The summed E-state index contributed by atoms with van der Waals surface area (Å²) in [7, 11) is -4.71. The van der Waals surface area contributed by atoms with Gasteiger partial charge in [-0.15, -0.1) is 0 Å². The van der Waals surface area contributed by atoms with Crippen molar-refractivity contribution in [3.63, 3.8) is 0 Å². The molecule has 0 heterocycles. The molecule has 9 heteroatoms. The summed E-state index contributed by atoms with van der Waals surface area (Å²) in [5, 5.41) is 0. The fourth-order valence-corrected chi connectivity index (χ4v) is 2.20. The van der Waals surface area contributed by atoms with Crippen LogP contribution in [0, 0.1) is 0 Å². The van der Waals surface area contributed by atoms with Crippen molar-refractivity contribution in [3.05, 3.63) is 29.3 Å². The first kappa shape index (κ1) is 18.3. The first-order chi connectivity index (χ1) is 9.99. The SMILES string of the molecule is COC(=O)Cc1cccc(C(C)C)c1OS(=O)(=O)C(F)(F)F. The molecule has 0 radical (unpaired) electrons. The molecule has 1 aromatic carbocycles. The van der Waals surface area contributed by atoms with E-state index in [1.807, 2.05) is 0 Å². The molecule has 0 amide bonds. The summed E-state index contributed by atoms with van der Waals surface area (Å²) in [6, 6.07) is 4.25. The Morgan fingerprint density at radius 1 is 1.27 bits per heavy atom. The number of carbonyl (C=O) groups is 1. The van der Waals surface area contributed by atoms with Crippen molar-refractivity contribution >= 4 is 16.1 Å². The molecule has 1 aromatic rings. The molecule has 0 aliphatic carbocycles. The van der Waals surface area contributed by atoms with Gasteiger partial charge in [-0.3, -0.25) is 4.79 Å². The highest BCUT2D eigenvalue weighted by Gasteiger charge is 2.49. The lowest BCUT2D eigenvalue weighted by atomic mass is 9.98. The zero-order chi connectivity index (χ0) is 17.1. The highest BCUT2D eigenvalue weighted by Crippen LogP contribution is 2.35. The van der Waals surface area contributed by atoms with Crippen LogP contribution in [0.4, 0.5) is 13.2 Å². The number of benzene rings is 1. The molecule has 0 unspecified atom stereocenters. The second kappa shape index (κ2) is 6.55. The van der Waals surface area contributed by atoms with Crippen molar-refractivity contribution in [2.45, 2.75) is 31.7 Å². The second-order valence-corrected chi connectivity index (χ2v) is 6.26. The number of hydrogen-bond donors (Lipinski definition) is 0. The van der Waals surface area contributed by atoms with Crippen LogP contribution >= 0.6 is 0 Å². The largest absolute Gasteiger partial charge is 0.534 e. The topological polar surface area (TPSA) is 69.7 Å². The monoisotopic (exact) mass is 340 g/mol. The van der Waals surface area contributed by atoms with Gasteiger partial charge in [0.25, 0.3) is 0 Å². The van der Waals surface area contributed by atoms with E-state index < -0.39 is 33.8 Å². The quantitative estimate of drug-likeness (QED) is 0.468. The number of halogens is 3. The van der Waals surface area contributed by atoms with Crippen molar-refractivity contribution in [2.75, 3.05) is 7.11 Å². The van der Waals surface area contributed by atoms with Crippen molar-refractivity contribution in [1.29, 1.82) is 0 Å². The molecule has 124 valence electrons. The van der Waals surface area contributed by atoms with Crippen LogP contribution in [0.15, 0.2) is 18.2 Å². The molecule has 0 saturated carbocycles. The van der Waals surface area contributed by atoms with E-state index >= 15 is 0 Å². The van der Waals surface area contributed by atoms with Crippen LogP contribution in [0.3, 0.4) is 0 Å². The molecule has 0 atom stereocenters. The van der Waals surface area contributed by atoms with Crippen LogP contribution in [-0.4, -0.2) is 27.0 Å². The van der Waals surface area contributed by atoms with Crippen molar-refractivity contribution in [3.8, 4) is 5.75 Å². The van der Waals surface area contributed by atoms with Gasteiger partial charge in [0, 0.05) is 5.56 Å². The summed E-state index contributed by atoms with van der Waals surface area (Å²) in [4.78, 5) is 11.3. The number of ether oxygens (including phenoxy) is 1. The van der Waals surface area contributed by atoms with Crippen molar-refractivity contribution < 1.29 is 35.3 Å². The number of alkyl halides is 3. The normalized spacial score (nSPS) is 12.3. The molecule has 0 N–H and O–H groups in total. The van der Waals surface area contributed by atoms with E-state index in [-0.39, 0.29) is 17.0 Å². The number of carbonyl (C=O) groups excluding carboxylic acids is 1. The van der Waals surface area contributed by atoms with E-state index in [9.17, 15) is 26.4 Å². The number of esters is 1. The fraction of sp³-hybridized carbons (Fsp3) is 0.462. The summed E-state index contributed by atoms with van der Waals surface area (Å²) < 4.78 is 68.7. The number of para-hydroxylation sites is 1. The minimum absolute atomic E-state index is 0.00544. The Kier molecular flexibility index (Phi) is 5.44. The number of methoxy groups -OCH3 is 1. The zero-order valence-electron chi connectivity index (χ0n) is 12.1. The Hall–Kier alpha value is -1.77. The van der Waals surface area contributed by atoms with Gasteiger partial charge in [0.05, 0.1) is 13.5 Å². The lowest BCUT2D eigenvalue weighted by Gasteiger charge is -2.18. The van der Waals surface area contributed by atoms with E-state index in [0.29, 0.717) is 0 Å². The molecular weight excluding hydrogens is 325 g/mol. The van der Waals surface area contributed by atoms with Crippen LogP contribution in [-0.2, 0) is 26.1 Å². The van der Waals surface area contributed by atoms with Gasteiger partial charge in [-0.2, -0.15) is 21.6 Å². The van der Waals surface area contributed by atoms with Crippen LogP contribution < -0.4 is 4.18 Å². The lowest BCUT2D eigenvalue weighted by Crippen LogP contribution is -2.29. The summed E-state index contributed by atoms with van der Waals surface area (Å²) in [5.74, 6) is -1.52. The van der Waals surface area contributed by atoms with Gasteiger partial charge in [-0.05, 0) is 11.5 Å². The molecule has 0 fully saturated rings. The molecule has 0 aromatic heterocycles. The van der Waals surface area contributed by atoms with Gasteiger partial charge in [0.1, 0.15) is 5.75 Å². The van der Waals surface area contributed by atoms with E-state index in [4.69, 9.17) is 0 Å². The highest BCUT2D eigenvalue weighted by atomic mass is 32.2. The minimum Gasteiger partial charge on any atom is -0.469 e. The van der Waals surface area contributed by atoms with Gasteiger partial charge in [0.15, 0.2) is 0 Å². The van der Waals surface area contributed by atoms with E-state index in [0.717, 1.165) is 7.11 Å². The molecule has 5 nitrogen and oxygen atoms in total. The third-order valence-electron chi connectivity index (χ3n) is 2.79. The average molecular weight is 340 g/mol. The van der Waals surface area contributed by atoms with Gasteiger partial charge < -0.3 is 8.92 Å². The molecule has 0 bridgehead atoms. The maximum absolute atomic E-state index is 12.5. The molecule has 1 rings (SSSR count). The van der Waals surface area contributed by atoms with Crippen LogP contribution in [0.25, 0.3) is 0 Å². The summed E-state index contributed by atoms with van der Waals surface area (Å²) in [5.41, 5.74) is -5.31. The molecule has 0 aliphatic heterocycles. The average Bonchev–Trinajstić information content (AvgIpc) is 2.38. The van der Waals surface area contributed by atoms with Gasteiger partial charge in [-0.25, -0.2) is 0 Å². The smallest absolute Gasteiger partial charge is 0.469 e. The van der Waals surface area contributed by atoms with Crippen LogP contribution in [0.5, 0.6) is 5.75 Å². The van der Waals surface area contributed by atoms with Crippen LogP contribution in [0.2, 0.25) is 0 Å². The predicted octanol–water partition coefficient (Wildman–Crippen LogP) is 2.75. The zero-order valence-corrected chi connectivity index (χ0v) is 12.9. The van der Waals surface area contributed by atoms with E-state index in [1.54, 1.807) is 13.8 Å². The maximum Gasteiger partial charge on any atom is 0.534 e. The molecule has 0 saturated heterocycles. The first-order valence-electron chi connectivity index (χ1n) is 6.19. The maximum atomic E-state index is 12.5. The van der Waals surface area contributed by atoms with Crippen molar-refractivity contribution in [2.24, 2.45) is 0 Å². The lowest BCUT2D eigenvalue weighted by molar-refractivity contribution is -0.139. The highest BCUT2D eigenvalue weighted by molar-refractivity contribution is 7.88. The summed E-state index contributed by atoms with van der Waals surface area (Å²) in [6.07, 6.45) is -0.403. The molecule has 0 spiro atoms. The molecule has 22 heavy (non-hydrogen) atoms. The predicted molar refractivity (Wildman–Crippen MR) is 71.9 cm³/mol. The van der Waals surface area contributed by atoms with Gasteiger partial charge in [-0.1, -0.05) is 32.0 Å². The Balaban J connectivity index is 3.39. The van der Waals surface area contributed by atoms with Crippen LogP contribution in [0.1, 0.15) is 30.9 Å². The van der Waals surface area contributed by atoms with E-state index in [1.165, 1.54) is 18.2 Å². The Morgan fingerprint density at radius 2 is 1.86 bits per heavy atom. The fourth-order valence-electron chi connectivity index (χ4n) is 1.68. The minimum atomic E-state index is -5.82. The Bertz CT molecular complexity index is 650. The molecule has 0 aliphatic rings. The summed E-state index contributed by atoms with van der Waals surface area (Å²) >= 11 is 0. The molecular formula is C13H15F3O5S. The van der Waals surface area contributed by atoms with Gasteiger partial charge >= 0.3 is 21.6 Å². The van der Waals surface area contributed by atoms with Crippen molar-refractivity contribution in [1.82, 2.24) is 0 Å². The standard InChI is InChI=1S/C13H15F3O5S/c1-8(2)10-6-4-5-9(7-11(17)20-3)12(10)21-22(18,19)13(14,15)16/h4-6,8H,7H2,1-3H3. The third kappa shape index (κ3) is 4.12. The summed E-state index contributed by atoms with van der Waals surface area (Å²) in [6.45, 7) is 3.31. The number of hydrogen-bond acceptors (Lipinski definition) is 5. The first-order valence-corrected chi connectivity index (χ1v) is 7.59. The van der Waals surface area contributed by atoms with Gasteiger partial charge in [0.2, 0.25) is 0 Å². The third-order valence-corrected chi connectivity index (χ3v) is 3.74. The Labute approximate surface area is 126 Å². The number of rotatable bonds is 5. The van der Waals surface area contributed by atoms with E-state index in [2.05, 4.69) is 8.92 Å².